The molecule has 0 aliphatic heterocycles. The van der Waals surface area contributed by atoms with Gasteiger partial charge in [-0.05, 0) is 49.5 Å². The van der Waals surface area contributed by atoms with Crippen molar-refractivity contribution in [3.63, 3.8) is 0 Å². The minimum atomic E-state index is 0.0110. The number of rotatable bonds is 10. The summed E-state index contributed by atoms with van der Waals surface area (Å²) in [4.78, 5) is 18.5. The molecule has 0 aliphatic rings. The highest BCUT2D eigenvalue weighted by atomic mass is 32.1. The fourth-order valence-corrected chi connectivity index (χ4v) is 3.33. The van der Waals surface area contributed by atoms with Gasteiger partial charge in [0.25, 0.3) is 5.19 Å². The van der Waals surface area contributed by atoms with Crippen molar-refractivity contribution in [3.8, 4) is 16.7 Å². The first-order chi connectivity index (χ1) is 14.5. The van der Waals surface area contributed by atoms with Crippen molar-refractivity contribution in [3.05, 3.63) is 65.5 Å². The van der Waals surface area contributed by atoms with Gasteiger partial charge in [-0.2, -0.15) is 9.36 Å². The Bertz CT molecular complexity index is 957. The van der Waals surface area contributed by atoms with Crippen LogP contribution in [0.5, 0.6) is 16.7 Å². The number of hydrogen-bond donors (Lipinski definition) is 1. The first-order valence-electron chi connectivity index (χ1n) is 9.65. The SMILES string of the molecule is COc1cccc(Cc2nsc(Oc3ccc(CC(=O)NCCN(C)C)cc3)n2)c1. The van der Waals surface area contributed by atoms with Crippen LogP contribution in [-0.2, 0) is 17.6 Å². The lowest BCUT2D eigenvalue weighted by Crippen LogP contribution is -2.32. The normalized spacial score (nSPS) is 10.8. The lowest BCUT2D eigenvalue weighted by molar-refractivity contribution is -0.120. The summed E-state index contributed by atoms with van der Waals surface area (Å²) in [5, 5.41) is 3.40. The average molecular weight is 427 g/mol. The van der Waals surface area contributed by atoms with Gasteiger partial charge < -0.3 is 19.7 Å². The Morgan fingerprint density at radius 3 is 2.63 bits per heavy atom. The van der Waals surface area contributed by atoms with Crippen molar-refractivity contribution in [2.24, 2.45) is 0 Å². The number of methoxy groups -OCH3 is 1. The second-order valence-corrected chi connectivity index (χ2v) is 7.80. The van der Waals surface area contributed by atoms with Gasteiger partial charge in [-0.15, -0.1) is 0 Å². The van der Waals surface area contributed by atoms with Crippen LogP contribution in [-0.4, -0.2) is 54.5 Å². The highest BCUT2D eigenvalue weighted by molar-refractivity contribution is 7.07. The molecular formula is C22H26N4O3S. The van der Waals surface area contributed by atoms with Crippen LogP contribution in [0.25, 0.3) is 0 Å². The molecule has 1 amide bonds. The van der Waals surface area contributed by atoms with E-state index in [1.54, 1.807) is 7.11 Å². The monoisotopic (exact) mass is 426 g/mol. The van der Waals surface area contributed by atoms with E-state index in [0.717, 1.165) is 23.4 Å². The summed E-state index contributed by atoms with van der Waals surface area (Å²) < 4.78 is 15.4. The van der Waals surface area contributed by atoms with Crippen molar-refractivity contribution in [2.45, 2.75) is 12.8 Å². The second kappa shape index (κ2) is 10.7. The first kappa shape index (κ1) is 21.7. The van der Waals surface area contributed by atoms with Crippen LogP contribution < -0.4 is 14.8 Å². The molecule has 158 valence electrons. The van der Waals surface area contributed by atoms with Crippen LogP contribution in [0, 0.1) is 0 Å². The molecule has 1 heterocycles. The van der Waals surface area contributed by atoms with Gasteiger partial charge in [0.05, 0.1) is 13.5 Å². The van der Waals surface area contributed by atoms with Crippen molar-refractivity contribution >= 4 is 17.4 Å². The van der Waals surface area contributed by atoms with Gasteiger partial charge in [0, 0.05) is 31.0 Å². The molecule has 0 radical (unpaired) electrons. The fourth-order valence-electron chi connectivity index (χ4n) is 2.76. The molecule has 0 saturated carbocycles. The third-order valence-electron chi connectivity index (χ3n) is 4.32. The molecule has 8 heteroatoms. The van der Waals surface area contributed by atoms with E-state index in [4.69, 9.17) is 9.47 Å². The number of carbonyl (C=O) groups is 1. The third kappa shape index (κ3) is 6.82. The van der Waals surface area contributed by atoms with Gasteiger partial charge >= 0.3 is 0 Å². The number of aromatic nitrogens is 2. The van der Waals surface area contributed by atoms with Crippen LogP contribution in [0.4, 0.5) is 0 Å². The van der Waals surface area contributed by atoms with Crippen LogP contribution in [0.2, 0.25) is 0 Å². The van der Waals surface area contributed by atoms with Gasteiger partial charge in [0.15, 0.2) is 5.82 Å². The number of amides is 1. The Kier molecular flexibility index (Phi) is 7.75. The summed E-state index contributed by atoms with van der Waals surface area (Å²) in [7, 11) is 5.60. The van der Waals surface area contributed by atoms with E-state index in [1.807, 2.05) is 67.5 Å². The first-order valence-corrected chi connectivity index (χ1v) is 10.4. The van der Waals surface area contributed by atoms with E-state index in [9.17, 15) is 4.79 Å². The lowest BCUT2D eigenvalue weighted by atomic mass is 10.1. The maximum Gasteiger partial charge on any atom is 0.298 e. The van der Waals surface area contributed by atoms with Crippen molar-refractivity contribution in [2.75, 3.05) is 34.3 Å². The molecular weight excluding hydrogens is 400 g/mol. The van der Waals surface area contributed by atoms with E-state index in [2.05, 4.69) is 14.7 Å². The van der Waals surface area contributed by atoms with Crippen molar-refractivity contribution < 1.29 is 14.3 Å². The third-order valence-corrected chi connectivity index (χ3v) is 4.95. The summed E-state index contributed by atoms with van der Waals surface area (Å²) in [6.07, 6.45) is 0.954. The molecule has 3 rings (SSSR count). The van der Waals surface area contributed by atoms with Crippen LogP contribution in [0.15, 0.2) is 48.5 Å². The van der Waals surface area contributed by atoms with Crippen molar-refractivity contribution in [1.82, 2.24) is 19.6 Å². The van der Waals surface area contributed by atoms with Gasteiger partial charge in [-0.3, -0.25) is 4.79 Å². The standard InChI is InChI=1S/C22H26N4O3S/c1-26(2)12-11-23-21(27)15-16-7-9-18(10-8-16)29-22-24-20(25-30-22)14-17-5-4-6-19(13-17)28-3/h4-10,13H,11-12,14-15H2,1-3H3,(H,23,27). The zero-order chi connectivity index (χ0) is 21.3. The van der Waals surface area contributed by atoms with Gasteiger partial charge in [-0.1, -0.05) is 24.3 Å². The largest absolute Gasteiger partial charge is 0.497 e. The Morgan fingerprint density at radius 2 is 1.90 bits per heavy atom. The Morgan fingerprint density at radius 1 is 1.10 bits per heavy atom. The quantitative estimate of drug-likeness (QED) is 0.537. The molecule has 30 heavy (non-hydrogen) atoms. The van der Waals surface area contributed by atoms with Gasteiger partial charge in [-0.25, -0.2) is 0 Å². The number of benzene rings is 2. The molecule has 7 nitrogen and oxygen atoms in total. The van der Waals surface area contributed by atoms with Crippen molar-refractivity contribution in [1.29, 1.82) is 0 Å². The maximum absolute atomic E-state index is 12.0. The Hall–Kier alpha value is -2.97. The number of ether oxygens (including phenoxy) is 2. The van der Waals surface area contributed by atoms with Crippen LogP contribution >= 0.6 is 11.5 Å². The summed E-state index contributed by atoms with van der Waals surface area (Å²) >= 11 is 1.22. The smallest absolute Gasteiger partial charge is 0.298 e. The zero-order valence-corrected chi connectivity index (χ0v) is 18.2. The minimum Gasteiger partial charge on any atom is -0.497 e. The predicted octanol–water partition coefficient (Wildman–Crippen LogP) is 3.15. The molecule has 1 N–H and O–H groups in total. The number of hydrogen-bond acceptors (Lipinski definition) is 7. The second-order valence-electron chi connectivity index (χ2n) is 7.08. The lowest BCUT2D eigenvalue weighted by Gasteiger charge is -2.10. The summed E-state index contributed by atoms with van der Waals surface area (Å²) in [5.74, 6) is 2.19. The van der Waals surface area contributed by atoms with Gasteiger partial charge in [0.2, 0.25) is 5.91 Å². The summed E-state index contributed by atoms with van der Waals surface area (Å²) in [6.45, 7) is 1.46. The van der Waals surface area contributed by atoms with E-state index in [1.165, 1.54) is 11.5 Å². The molecule has 0 bridgehead atoms. The fraction of sp³-hybridized carbons (Fsp3) is 0.318. The van der Waals surface area contributed by atoms with Crippen LogP contribution in [0.1, 0.15) is 17.0 Å². The molecule has 0 unspecified atom stereocenters. The molecule has 0 aliphatic carbocycles. The molecule has 0 spiro atoms. The predicted molar refractivity (Wildman–Crippen MR) is 117 cm³/mol. The molecule has 0 saturated heterocycles. The molecule has 2 aromatic carbocycles. The van der Waals surface area contributed by atoms with E-state index < -0.39 is 0 Å². The molecule has 1 aromatic heterocycles. The minimum absolute atomic E-state index is 0.0110. The number of nitrogens with zero attached hydrogens (tertiary/aromatic N) is 3. The topological polar surface area (TPSA) is 76.6 Å². The number of carbonyl (C=O) groups excluding carboxylic acids is 1. The Labute approximate surface area is 180 Å². The van der Waals surface area contributed by atoms with E-state index >= 15 is 0 Å². The molecule has 3 aromatic rings. The van der Waals surface area contributed by atoms with E-state index in [0.29, 0.717) is 36.2 Å². The average Bonchev–Trinajstić information content (AvgIpc) is 3.16. The Balaban J connectivity index is 1.51. The summed E-state index contributed by atoms with van der Waals surface area (Å²) in [5.41, 5.74) is 2.01. The molecule has 0 fully saturated rings. The van der Waals surface area contributed by atoms with Crippen LogP contribution in [0.3, 0.4) is 0 Å². The zero-order valence-electron chi connectivity index (χ0n) is 17.4. The molecule has 0 atom stereocenters. The summed E-state index contributed by atoms with van der Waals surface area (Å²) in [6, 6.07) is 15.3. The number of likely N-dealkylation sites (N-methyl/N-ethyl adjacent to an activating group) is 1. The highest BCUT2D eigenvalue weighted by Crippen LogP contribution is 2.25. The van der Waals surface area contributed by atoms with E-state index in [-0.39, 0.29) is 5.91 Å². The maximum atomic E-state index is 12.0. The number of nitrogens with one attached hydrogen (secondary N) is 1. The van der Waals surface area contributed by atoms with Gasteiger partial charge in [0.1, 0.15) is 11.5 Å². The highest BCUT2D eigenvalue weighted by Gasteiger charge is 2.09.